The molecule has 1 aromatic heterocycles. The molecule has 3 N–H and O–H groups in total. The lowest BCUT2D eigenvalue weighted by molar-refractivity contribution is -0.0660. The number of aromatic amines is 1. The third-order valence-corrected chi connectivity index (χ3v) is 7.77. The van der Waals surface area contributed by atoms with Crippen LogP contribution in [0.4, 0.5) is 11.4 Å². The second-order valence-corrected chi connectivity index (χ2v) is 10.1. The van der Waals surface area contributed by atoms with Crippen molar-refractivity contribution in [2.45, 2.75) is 25.3 Å². The third-order valence-electron chi connectivity index (χ3n) is 7.47. The Hall–Kier alpha value is -2.54. The number of carbonyl (C=O) groups is 1. The molecule has 2 aliphatic heterocycles. The minimum Gasteiger partial charge on any atom is -0.399 e. The van der Waals surface area contributed by atoms with Gasteiger partial charge in [0.1, 0.15) is 0 Å². The van der Waals surface area contributed by atoms with Gasteiger partial charge in [-0.05, 0) is 29.8 Å². The summed E-state index contributed by atoms with van der Waals surface area (Å²) in [6, 6.07) is 10.2. The third kappa shape index (κ3) is 2.83. The summed E-state index contributed by atoms with van der Waals surface area (Å²) in [5.41, 5.74) is 11.6. The number of carbonyl (C=O) groups excluding carboxylic acids is 1. The van der Waals surface area contributed by atoms with E-state index in [1.54, 1.807) is 0 Å². The van der Waals surface area contributed by atoms with E-state index in [-0.39, 0.29) is 11.2 Å². The molecule has 0 radical (unpaired) electrons. The van der Waals surface area contributed by atoms with E-state index in [9.17, 15) is 4.79 Å². The van der Waals surface area contributed by atoms with Gasteiger partial charge in [-0.2, -0.15) is 0 Å². The summed E-state index contributed by atoms with van der Waals surface area (Å²) in [4.78, 5) is 22.0. The van der Waals surface area contributed by atoms with Crippen molar-refractivity contribution in [1.82, 2.24) is 9.88 Å². The molecular weight excluding hydrogens is 424 g/mol. The summed E-state index contributed by atoms with van der Waals surface area (Å²) in [7, 11) is 0. The molecule has 2 fully saturated rings. The minimum atomic E-state index is -0.364. The number of hydrogen-bond acceptors (Lipinski definition) is 5. The van der Waals surface area contributed by atoms with Crippen LogP contribution in [0.15, 0.2) is 30.3 Å². The molecule has 1 aliphatic carbocycles. The zero-order valence-electron chi connectivity index (χ0n) is 18.4. The normalized spacial score (nSPS) is 20.8. The van der Waals surface area contributed by atoms with Gasteiger partial charge in [0.05, 0.1) is 35.5 Å². The van der Waals surface area contributed by atoms with Gasteiger partial charge in [-0.15, -0.1) is 0 Å². The van der Waals surface area contributed by atoms with Crippen LogP contribution in [0.2, 0.25) is 5.02 Å². The predicted molar refractivity (Wildman–Crippen MR) is 128 cm³/mol. The number of ether oxygens (including phenoxy) is 1. The predicted octanol–water partition coefficient (Wildman–Crippen LogP) is 3.79. The second-order valence-electron chi connectivity index (χ2n) is 9.70. The van der Waals surface area contributed by atoms with Gasteiger partial charge in [0, 0.05) is 59.4 Å². The number of anilines is 2. The van der Waals surface area contributed by atoms with Crippen LogP contribution in [-0.4, -0.2) is 61.1 Å². The van der Waals surface area contributed by atoms with Crippen LogP contribution >= 0.6 is 11.6 Å². The topological polar surface area (TPSA) is 74.6 Å². The maximum atomic E-state index is 13.6. The van der Waals surface area contributed by atoms with Crippen LogP contribution < -0.4 is 10.6 Å². The SMILES string of the molecule is CC1(C)c2cc(N3CCN(C4COC4)CC3)c(Cl)cc2C(=O)c2c1[nH]c1cc(N)ccc21. The van der Waals surface area contributed by atoms with E-state index in [1.165, 1.54) is 0 Å². The van der Waals surface area contributed by atoms with Crippen LogP contribution in [-0.2, 0) is 10.2 Å². The quantitative estimate of drug-likeness (QED) is 0.581. The van der Waals surface area contributed by atoms with E-state index < -0.39 is 0 Å². The molecule has 0 bridgehead atoms. The fraction of sp³-hybridized carbons (Fsp3) is 0.400. The van der Waals surface area contributed by atoms with Crippen molar-refractivity contribution < 1.29 is 9.53 Å². The lowest BCUT2D eigenvalue weighted by atomic mass is 9.71. The van der Waals surface area contributed by atoms with Crippen molar-refractivity contribution >= 4 is 39.7 Å². The number of nitrogens with two attached hydrogens (primary N) is 1. The Labute approximate surface area is 192 Å². The van der Waals surface area contributed by atoms with Crippen molar-refractivity contribution in [2.75, 3.05) is 50.0 Å². The Morgan fingerprint density at radius 1 is 1.12 bits per heavy atom. The number of fused-ring (bicyclic) bond motifs is 4. The number of H-pyrrole nitrogens is 1. The number of aromatic nitrogens is 1. The van der Waals surface area contributed by atoms with Crippen molar-refractivity contribution in [3.05, 3.63) is 57.7 Å². The molecule has 7 heteroatoms. The highest BCUT2D eigenvalue weighted by atomic mass is 35.5. The average molecular weight is 451 g/mol. The molecule has 3 aromatic rings. The first-order chi connectivity index (χ1) is 15.3. The first-order valence-electron chi connectivity index (χ1n) is 11.2. The highest BCUT2D eigenvalue weighted by molar-refractivity contribution is 6.34. The molecule has 2 aromatic carbocycles. The number of ketones is 1. The smallest absolute Gasteiger partial charge is 0.195 e. The average Bonchev–Trinajstić information content (AvgIpc) is 3.11. The zero-order valence-corrected chi connectivity index (χ0v) is 19.1. The molecule has 32 heavy (non-hydrogen) atoms. The molecule has 6 rings (SSSR count). The molecule has 0 spiro atoms. The lowest BCUT2D eigenvalue weighted by Crippen LogP contribution is -2.56. The van der Waals surface area contributed by atoms with Crippen LogP contribution in [0.5, 0.6) is 0 Å². The van der Waals surface area contributed by atoms with E-state index >= 15 is 0 Å². The second kappa shape index (κ2) is 6.98. The molecule has 3 aliphatic rings. The van der Waals surface area contributed by atoms with Gasteiger partial charge in [0.15, 0.2) is 5.78 Å². The Morgan fingerprint density at radius 2 is 1.88 bits per heavy atom. The Kier molecular flexibility index (Phi) is 4.38. The minimum absolute atomic E-state index is 0.0219. The lowest BCUT2D eigenvalue weighted by Gasteiger charge is -2.43. The van der Waals surface area contributed by atoms with Crippen LogP contribution in [0.25, 0.3) is 10.9 Å². The number of nitrogens with zero attached hydrogens (tertiary/aromatic N) is 2. The maximum absolute atomic E-state index is 13.6. The maximum Gasteiger partial charge on any atom is 0.195 e. The van der Waals surface area contributed by atoms with Gasteiger partial charge in [-0.3, -0.25) is 9.69 Å². The zero-order chi connectivity index (χ0) is 22.2. The largest absolute Gasteiger partial charge is 0.399 e. The fourth-order valence-electron chi connectivity index (χ4n) is 5.46. The summed E-state index contributed by atoms with van der Waals surface area (Å²) >= 11 is 6.78. The molecule has 3 heterocycles. The number of halogens is 1. The highest BCUT2D eigenvalue weighted by Crippen LogP contribution is 2.46. The molecule has 0 amide bonds. The first-order valence-corrected chi connectivity index (χ1v) is 11.6. The molecule has 2 saturated heterocycles. The van der Waals surface area contributed by atoms with E-state index in [2.05, 4.69) is 34.7 Å². The van der Waals surface area contributed by atoms with Gasteiger partial charge in [0.2, 0.25) is 0 Å². The monoisotopic (exact) mass is 450 g/mol. The van der Waals surface area contributed by atoms with Gasteiger partial charge in [-0.1, -0.05) is 31.5 Å². The van der Waals surface area contributed by atoms with Gasteiger partial charge >= 0.3 is 0 Å². The van der Waals surface area contributed by atoms with Crippen LogP contribution in [0.3, 0.4) is 0 Å². The molecule has 0 unspecified atom stereocenters. The highest BCUT2D eigenvalue weighted by Gasteiger charge is 2.41. The van der Waals surface area contributed by atoms with Crippen molar-refractivity contribution in [2.24, 2.45) is 0 Å². The van der Waals surface area contributed by atoms with Gasteiger partial charge < -0.3 is 20.4 Å². The molecule has 0 atom stereocenters. The Balaban J connectivity index is 1.40. The molecule has 0 saturated carbocycles. The molecular formula is C25H27ClN4O2. The number of benzene rings is 2. The summed E-state index contributed by atoms with van der Waals surface area (Å²) in [5.74, 6) is 0.0219. The van der Waals surface area contributed by atoms with Crippen molar-refractivity contribution in [1.29, 1.82) is 0 Å². The van der Waals surface area contributed by atoms with Crippen LogP contribution in [0.1, 0.15) is 41.0 Å². The van der Waals surface area contributed by atoms with Crippen molar-refractivity contribution in [3.63, 3.8) is 0 Å². The Bertz CT molecular complexity index is 1250. The summed E-state index contributed by atoms with van der Waals surface area (Å²) in [6.07, 6.45) is 0. The summed E-state index contributed by atoms with van der Waals surface area (Å²) < 4.78 is 5.35. The van der Waals surface area contributed by atoms with Crippen molar-refractivity contribution in [3.8, 4) is 0 Å². The van der Waals surface area contributed by atoms with Gasteiger partial charge in [0.25, 0.3) is 0 Å². The van der Waals surface area contributed by atoms with E-state index in [0.717, 1.165) is 72.8 Å². The van der Waals surface area contributed by atoms with E-state index in [1.807, 2.05) is 24.3 Å². The number of piperazine rings is 1. The van der Waals surface area contributed by atoms with Gasteiger partial charge in [-0.25, -0.2) is 0 Å². The summed E-state index contributed by atoms with van der Waals surface area (Å²) in [5, 5.41) is 1.55. The summed E-state index contributed by atoms with van der Waals surface area (Å²) in [6.45, 7) is 9.85. The standard InChI is InChI=1S/C25H27ClN4O2/c1-25(2)18-11-21(30-7-5-29(6-8-30)15-12-32-13-15)19(26)10-17(18)23(31)22-16-4-3-14(27)9-20(16)28-24(22)25/h3-4,9-11,15,28H,5-8,12-13,27H2,1-2H3. The number of rotatable bonds is 2. The van der Waals surface area contributed by atoms with Crippen LogP contribution in [0, 0.1) is 0 Å². The number of nitrogens with one attached hydrogen (secondary N) is 1. The first kappa shape index (κ1) is 20.1. The fourth-order valence-corrected chi connectivity index (χ4v) is 5.74. The number of nitrogen functional groups attached to an aromatic ring is 1. The molecule has 166 valence electrons. The van der Waals surface area contributed by atoms with E-state index in [0.29, 0.717) is 22.3 Å². The van der Waals surface area contributed by atoms with E-state index in [4.69, 9.17) is 22.1 Å². The molecule has 6 nitrogen and oxygen atoms in total. The number of hydrogen-bond donors (Lipinski definition) is 2. The Morgan fingerprint density at radius 3 is 2.56 bits per heavy atom.